The van der Waals surface area contributed by atoms with E-state index in [0.717, 1.165) is 30.8 Å². The fourth-order valence-corrected chi connectivity index (χ4v) is 2.01. The Kier molecular flexibility index (Phi) is 5.71. The van der Waals surface area contributed by atoms with Gasteiger partial charge < -0.3 is 14.6 Å². The first kappa shape index (κ1) is 15.5. The summed E-state index contributed by atoms with van der Waals surface area (Å²) in [6.45, 7) is 2.65. The third-order valence-electron chi connectivity index (χ3n) is 3.19. The number of benzene rings is 1. The third-order valence-corrected chi connectivity index (χ3v) is 3.19. The van der Waals surface area contributed by atoms with E-state index in [9.17, 15) is 0 Å². The second kappa shape index (κ2) is 7.75. The maximum absolute atomic E-state index is 5.30. The van der Waals surface area contributed by atoms with Crippen LogP contribution in [-0.2, 0) is 6.54 Å². The number of nitrogens with zero attached hydrogens (tertiary/aromatic N) is 3. The van der Waals surface area contributed by atoms with Crippen LogP contribution in [0, 0.1) is 0 Å². The van der Waals surface area contributed by atoms with Crippen molar-refractivity contribution in [2.24, 2.45) is 0 Å². The van der Waals surface area contributed by atoms with E-state index in [1.807, 2.05) is 38.4 Å². The number of rotatable bonds is 8. The van der Waals surface area contributed by atoms with E-state index in [0.29, 0.717) is 18.3 Å². The molecule has 0 radical (unpaired) electrons. The Morgan fingerprint density at radius 1 is 1.29 bits per heavy atom. The Labute approximate surface area is 125 Å². The molecule has 0 aliphatic heterocycles. The van der Waals surface area contributed by atoms with Gasteiger partial charge in [-0.3, -0.25) is 4.90 Å². The fraction of sp³-hybridized carbons (Fsp3) is 0.467. The summed E-state index contributed by atoms with van der Waals surface area (Å²) in [5.74, 6) is 2.05. The van der Waals surface area contributed by atoms with Gasteiger partial charge in [-0.25, -0.2) is 0 Å². The largest absolute Gasteiger partial charge is 0.497 e. The zero-order valence-corrected chi connectivity index (χ0v) is 12.8. The molecule has 0 unspecified atom stereocenters. The first-order chi connectivity index (χ1) is 10.2. The molecule has 1 heterocycles. The summed E-state index contributed by atoms with van der Waals surface area (Å²) >= 11 is 0. The van der Waals surface area contributed by atoms with Crippen LogP contribution in [0.5, 0.6) is 5.75 Å². The molecule has 114 valence electrons. The predicted octanol–water partition coefficient (Wildman–Crippen LogP) is 1.79. The minimum absolute atomic E-state index is 0.608. The standard InChI is InChI=1S/C15H22N4O2/c1-16-9-4-10-19(2)11-14-17-15(18-21-14)12-5-7-13(20-3)8-6-12/h5-8,16H,4,9-11H2,1-3H3. The molecule has 0 bridgehead atoms. The number of aromatic nitrogens is 2. The van der Waals surface area contributed by atoms with Crippen molar-refractivity contribution < 1.29 is 9.26 Å². The molecule has 2 rings (SSSR count). The van der Waals surface area contributed by atoms with Gasteiger partial charge in [0, 0.05) is 5.56 Å². The summed E-state index contributed by atoms with van der Waals surface area (Å²) in [6, 6.07) is 7.61. The molecule has 0 amide bonds. The maximum Gasteiger partial charge on any atom is 0.241 e. The SMILES string of the molecule is CNCCCN(C)Cc1nc(-c2ccc(OC)cc2)no1. The molecular weight excluding hydrogens is 268 g/mol. The number of ether oxygens (including phenoxy) is 1. The van der Waals surface area contributed by atoms with Crippen molar-refractivity contribution >= 4 is 0 Å². The van der Waals surface area contributed by atoms with Gasteiger partial charge in [0.25, 0.3) is 0 Å². The Morgan fingerprint density at radius 3 is 2.71 bits per heavy atom. The normalized spacial score (nSPS) is 11.0. The van der Waals surface area contributed by atoms with Crippen LogP contribution in [-0.4, -0.2) is 49.3 Å². The highest BCUT2D eigenvalue weighted by Gasteiger charge is 2.10. The Morgan fingerprint density at radius 2 is 2.05 bits per heavy atom. The van der Waals surface area contributed by atoms with Crippen molar-refractivity contribution in [2.45, 2.75) is 13.0 Å². The monoisotopic (exact) mass is 290 g/mol. The van der Waals surface area contributed by atoms with Gasteiger partial charge >= 0.3 is 0 Å². The van der Waals surface area contributed by atoms with E-state index in [4.69, 9.17) is 9.26 Å². The van der Waals surface area contributed by atoms with Crippen LogP contribution in [0.3, 0.4) is 0 Å². The molecule has 2 aromatic rings. The fourth-order valence-electron chi connectivity index (χ4n) is 2.01. The summed E-state index contributed by atoms with van der Waals surface area (Å²) in [4.78, 5) is 6.60. The van der Waals surface area contributed by atoms with Crippen molar-refractivity contribution in [3.63, 3.8) is 0 Å². The minimum atomic E-state index is 0.608. The Balaban J connectivity index is 1.94. The highest BCUT2D eigenvalue weighted by molar-refractivity contribution is 5.55. The first-order valence-corrected chi connectivity index (χ1v) is 7.03. The van der Waals surface area contributed by atoms with Crippen LogP contribution in [0.15, 0.2) is 28.8 Å². The van der Waals surface area contributed by atoms with E-state index >= 15 is 0 Å². The van der Waals surface area contributed by atoms with Crippen LogP contribution in [0.1, 0.15) is 12.3 Å². The summed E-state index contributed by atoms with van der Waals surface area (Å²) in [5.41, 5.74) is 0.920. The predicted molar refractivity (Wildman–Crippen MR) is 81.2 cm³/mol. The summed E-state index contributed by atoms with van der Waals surface area (Å²) in [6.07, 6.45) is 1.09. The van der Waals surface area contributed by atoms with Crippen molar-refractivity contribution in [1.29, 1.82) is 0 Å². The van der Waals surface area contributed by atoms with E-state index < -0.39 is 0 Å². The van der Waals surface area contributed by atoms with E-state index in [2.05, 4.69) is 20.4 Å². The molecule has 1 aromatic heterocycles. The molecule has 1 aromatic carbocycles. The topological polar surface area (TPSA) is 63.4 Å². The number of hydrogen-bond acceptors (Lipinski definition) is 6. The summed E-state index contributed by atoms with van der Waals surface area (Å²) in [5, 5.41) is 7.16. The zero-order chi connectivity index (χ0) is 15.1. The highest BCUT2D eigenvalue weighted by Crippen LogP contribution is 2.19. The molecular formula is C15H22N4O2. The van der Waals surface area contributed by atoms with Crippen molar-refractivity contribution in [3.05, 3.63) is 30.2 Å². The average molecular weight is 290 g/mol. The van der Waals surface area contributed by atoms with Crippen LogP contribution in [0.4, 0.5) is 0 Å². The molecule has 1 N–H and O–H groups in total. The lowest BCUT2D eigenvalue weighted by Gasteiger charge is -2.13. The molecule has 0 aliphatic rings. The minimum Gasteiger partial charge on any atom is -0.497 e. The molecule has 6 heteroatoms. The van der Waals surface area contributed by atoms with Crippen molar-refractivity contribution in [2.75, 3.05) is 34.3 Å². The van der Waals surface area contributed by atoms with Crippen molar-refractivity contribution in [3.8, 4) is 17.1 Å². The van der Waals surface area contributed by atoms with Gasteiger partial charge in [-0.2, -0.15) is 4.98 Å². The lowest BCUT2D eigenvalue weighted by molar-refractivity contribution is 0.264. The average Bonchev–Trinajstić information content (AvgIpc) is 2.96. The quantitative estimate of drug-likeness (QED) is 0.748. The smallest absolute Gasteiger partial charge is 0.241 e. The van der Waals surface area contributed by atoms with Gasteiger partial charge in [-0.05, 0) is 57.9 Å². The van der Waals surface area contributed by atoms with E-state index in [1.165, 1.54) is 0 Å². The van der Waals surface area contributed by atoms with Gasteiger partial charge in [0.1, 0.15) is 5.75 Å². The molecule has 0 spiro atoms. The van der Waals surface area contributed by atoms with E-state index in [1.54, 1.807) is 7.11 Å². The molecule has 0 saturated carbocycles. The van der Waals surface area contributed by atoms with Crippen LogP contribution < -0.4 is 10.1 Å². The van der Waals surface area contributed by atoms with Gasteiger partial charge in [0.2, 0.25) is 11.7 Å². The second-order valence-corrected chi connectivity index (χ2v) is 4.94. The van der Waals surface area contributed by atoms with Gasteiger partial charge in [0.15, 0.2) is 0 Å². The maximum atomic E-state index is 5.30. The summed E-state index contributed by atoms with van der Waals surface area (Å²) in [7, 11) is 5.65. The highest BCUT2D eigenvalue weighted by atomic mass is 16.5. The van der Waals surface area contributed by atoms with Gasteiger partial charge in [-0.1, -0.05) is 5.16 Å². The second-order valence-electron chi connectivity index (χ2n) is 4.94. The molecule has 6 nitrogen and oxygen atoms in total. The number of nitrogens with one attached hydrogen (secondary N) is 1. The summed E-state index contributed by atoms with van der Waals surface area (Å²) < 4.78 is 10.4. The number of hydrogen-bond donors (Lipinski definition) is 1. The molecule has 21 heavy (non-hydrogen) atoms. The molecule has 0 fully saturated rings. The molecule has 0 aliphatic carbocycles. The van der Waals surface area contributed by atoms with Crippen LogP contribution >= 0.6 is 0 Å². The number of methoxy groups -OCH3 is 1. The first-order valence-electron chi connectivity index (χ1n) is 7.03. The van der Waals surface area contributed by atoms with E-state index in [-0.39, 0.29) is 0 Å². The van der Waals surface area contributed by atoms with Crippen LogP contribution in [0.25, 0.3) is 11.4 Å². The van der Waals surface area contributed by atoms with Crippen molar-refractivity contribution in [1.82, 2.24) is 20.4 Å². The van der Waals surface area contributed by atoms with Gasteiger partial charge in [0.05, 0.1) is 13.7 Å². The molecule has 0 atom stereocenters. The Hall–Kier alpha value is -1.92. The Bertz CT molecular complexity index is 539. The lowest BCUT2D eigenvalue weighted by Crippen LogP contribution is -2.22. The van der Waals surface area contributed by atoms with Crippen LogP contribution in [0.2, 0.25) is 0 Å². The lowest BCUT2D eigenvalue weighted by atomic mass is 10.2. The molecule has 0 saturated heterocycles. The van der Waals surface area contributed by atoms with Gasteiger partial charge in [-0.15, -0.1) is 0 Å². The third kappa shape index (κ3) is 4.54. The zero-order valence-electron chi connectivity index (χ0n) is 12.8.